The van der Waals surface area contributed by atoms with Crippen molar-refractivity contribution in [3.63, 3.8) is 0 Å². The summed E-state index contributed by atoms with van der Waals surface area (Å²) in [5, 5.41) is 0. The molecule has 53 heavy (non-hydrogen) atoms. The molecule has 0 bridgehead atoms. The van der Waals surface area contributed by atoms with Crippen molar-refractivity contribution in [2.75, 3.05) is 33.2 Å². The molecule has 2 aliphatic heterocycles. The Labute approximate surface area is 310 Å². The lowest BCUT2D eigenvalue weighted by Gasteiger charge is -2.44. The monoisotopic (exact) mass is 804 g/mol. The van der Waals surface area contributed by atoms with E-state index in [1.807, 2.05) is 60.7 Å². The van der Waals surface area contributed by atoms with E-state index in [2.05, 4.69) is 0 Å². The van der Waals surface area contributed by atoms with E-state index in [1.54, 1.807) is 27.7 Å². The fourth-order valence-corrected chi connectivity index (χ4v) is 8.71. The van der Waals surface area contributed by atoms with Crippen molar-refractivity contribution < 1.29 is 70.1 Å². The van der Waals surface area contributed by atoms with E-state index in [0.717, 1.165) is 24.5 Å². The summed E-state index contributed by atoms with van der Waals surface area (Å²) >= 11 is 0. The lowest BCUT2D eigenvalue weighted by Crippen LogP contribution is -2.51. The third kappa shape index (κ3) is 12.9. The molecule has 2 aromatic carbocycles. The summed E-state index contributed by atoms with van der Waals surface area (Å²) in [6.45, 7) is 9.24. The zero-order valence-corrected chi connectivity index (χ0v) is 33.6. The second-order valence-corrected chi connectivity index (χ2v) is 19.6. The van der Waals surface area contributed by atoms with Crippen molar-refractivity contribution in [3.05, 3.63) is 71.8 Å². The maximum atomic E-state index is 13.9. The Morgan fingerprint density at radius 3 is 1.40 bits per heavy atom. The van der Waals surface area contributed by atoms with E-state index < -0.39 is 95.0 Å². The summed E-state index contributed by atoms with van der Waals surface area (Å²) in [5.74, 6) is -5.45. The van der Waals surface area contributed by atoms with Gasteiger partial charge in [0.25, 0.3) is 0 Å². The van der Waals surface area contributed by atoms with Gasteiger partial charge in [0.05, 0.1) is 37.3 Å². The maximum Gasteiger partial charge on any atom is 0.330 e. The van der Waals surface area contributed by atoms with Gasteiger partial charge in [0.15, 0.2) is 12.6 Å². The van der Waals surface area contributed by atoms with Crippen LogP contribution in [0, 0.1) is 35.5 Å². The minimum atomic E-state index is -4.08. The first-order valence-electron chi connectivity index (χ1n) is 17.3. The van der Waals surface area contributed by atoms with E-state index in [4.69, 9.17) is 37.0 Å². The number of ether oxygens (including phenoxy) is 4. The Bertz CT molecular complexity index is 1650. The van der Waals surface area contributed by atoms with Crippen molar-refractivity contribution in [1.82, 2.24) is 0 Å². The molecule has 0 aromatic heterocycles. The van der Waals surface area contributed by atoms with Gasteiger partial charge in [0.2, 0.25) is 0 Å². The number of carbonyl (C=O) groups is 2. The van der Waals surface area contributed by atoms with Crippen LogP contribution in [0.4, 0.5) is 0 Å². The average molecular weight is 805 g/mol. The Morgan fingerprint density at radius 1 is 0.604 bits per heavy atom. The summed E-state index contributed by atoms with van der Waals surface area (Å²) in [4.78, 5) is 46.8. The van der Waals surface area contributed by atoms with Crippen LogP contribution < -0.4 is 0 Å². The lowest BCUT2D eigenvalue weighted by atomic mass is 9.78. The highest BCUT2D eigenvalue weighted by molar-refractivity contribution is 7.53. The third-order valence-corrected chi connectivity index (χ3v) is 11.9. The van der Waals surface area contributed by atoms with Gasteiger partial charge < -0.3 is 37.8 Å². The molecular formula is C35H51O15P3. The first kappa shape index (κ1) is 43.5. The van der Waals surface area contributed by atoms with Crippen LogP contribution in [0.15, 0.2) is 60.7 Å². The standard InChI is InChI=1S/C35H51O15P3/c1-22-28(20-45-51(5,38)39)48-35(25(4)31(22)33(37)44-19-27-16-12-9-13-17-27)50-53(7,42)46-21-29-23(2)30(24(3)34(47-29)49-52(6,40)41)32(36)43-18-26-14-10-8-11-15-26/h8-17,22-25,28-31,34-35H,18-21H2,1-7H3,(H,38,39)(H,40,41)/t22-,23-,24-,25-,28?,29?,30?,31?,34-,35-,53?/m1/s1. The molecule has 4 rings (SSSR count). The first-order chi connectivity index (χ1) is 24.7. The van der Waals surface area contributed by atoms with Crippen LogP contribution in [0.3, 0.4) is 0 Å². The number of carbonyl (C=O) groups excluding carboxylic acids is 2. The average Bonchev–Trinajstić information content (AvgIpc) is 3.08. The highest BCUT2D eigenvalue weighted by Gasteiger charge is 2.50. The van der Waals surface area contributed by atoms with Gasteiger partial charge in [-0.1, -0.05) is 88.4 Å². The van der Waals surface area contributed by atoms with E-state index in [0.29, 0.717) is 0 Å². The molecule has 15 nitrogen and oxygen atoms in total. The fourth-order valence-electron chi connectivity index (χ4n) is 6.56. The predicted octanol–water partition coefficient (Wildman–Crippen LogP) is 6.22. The Kier molecular flexibility index (Phi) is 15.3. The Hall–Kier alpha value is -2.25. The minimum Gasteiger partial charge on any atom is -0.461 e. The molecule has 2 fully saturated rings. The molecule has 0 aliphatic carbocycles. The molecule has 0 saturated carbocycles. The highest BCUT2D eigenvalue weighted by Crippen LogP contribution is 2.52. The predicted molar refractivity (Wildman–Crippen MR) is 193 cm³/mol. The maximum absolute atomic E-state index is 13.9. The van der Waals surface area contributed by atoms with Crippen LogP contribution >= 0.6 is 22.8 Å². The van der Waals surface area contributed by atoms with Crippen LogP contribution in [0.1, 0.15) is 38.8 Å². The van der Waals surface area contributed by atoms with Crippen molar-refractivity contribution in [2.24, 2.45) is 35.5 Å². The zero-order chi connectivity index (χ0) is 39.1. The van der Waals surface area contributed by atoms with Crippen LogP contribution in [0.2, 0.25) is 0 Å². The highest BCUT2D eigenvalue weighted by atomic mass is 31.2. The van der Waals surface area contributed by atoms with Crippen LogP contribution in [-0.4, -0.2) is 79.7 Å². The van der Waals surface area contributed by atoms with Crippen molar-refractivity contribution in [1.29, 1.82) is 0 Å². The quantitative estimate of drug-likeness (QED) is 0.143. The van der Waals surface area contributed by atoms with Gasteiger partial charge in [0, 0.05) is 31.8 Å². The molecular weight excluding hydrogens is 753 g/mol. The molecule has 0 amide bonds. The van der Waals surface area contributed by atoms with Gasteiger partial charge >= 0.3 is 34.7 Å². The molecule has 2 saturated heterocycles. The largest absolute Gasteiger partial charge is 0.461 e. The lowest BCUT2D eigenvalue weighted by molar-refractivity contribution is -0.235. The van der Waals surface area contributed by atoms with Crippen LogP contribution in [-0.2, 0) is 73.5 Å². The number of rotatable bonds is 16. The number of hydrogen-bond acceptors (Lipinski definition) is 13. The second-order valence-electron chi connectivity index (χ2n) is 13.9. The number of hydrogen-bond donors (Lipinski definition) is 2. The summed E-state index contributed by atoms with van der Waals surface area (Å²) in [5.41, 5.74) is 1.54. The second kappa shape index (κ2) is 18.6. The Morgan fingerprint density at radius 2 is 1.00 bits per heavy atom. The molecule has 296 valence electrons. The Balaban J connectivity index is 1.48. The summed E-state index contributed by atoms with van der Waals surface area (Å²) in [6, 6.07) is 18.2. The smallest absolute Gasteiger partial charge is 0.330 e. The van der Waals surface area contributed by atoms with Crippen molar-refractivity contribution in [3.8, 4) is 0 Å². The van der Waals surface area contributed by atoms with E-state index in [-0.39, 0.29) is 26.4 Å². The minimum absolute atomic E-state index is 0.00651. The van der Waals surface area contributed by atoms with Crippen molar-refractivity contribution >= 4 is 34.7 Å². The molecule has 0 spiro atoms. The summed E-state index contributed by atoms with van der Waals surface area (Å²) < 4.78 is 83.7. The molecule has 2 aliphatic rings. The van der Waals surface area contributed by atoms with Gasteiger partial charge in [-0.25, -0.2) is 0 Å². The third-order valence-electron chi connectivity index (χ3n) is 9.45. The van der Waals surface area contributed by atoms with Crippen molar-refractivity contribution in [2.45, 2.75) is 65.7 Å². The zero-order valence-electron chi connectivity index (χ0n) is 30.9. The normalized spacial score (nSPS) is 32.4. The molecule has 7 unspecified atom stereocenters. The van der Waals surface area contributed by atoms with Gasteiger partial charge in [-0.05, 0) is 23.0 Å². The molecule has 2 heterocycles. The first-order valence-corrected chi connectivity index (χ1v) is 23.3. The van der Waals surface area contributed by atoms with E-state index in [1.165, 1.54) is 6.66 Å². The van der Waals surface area contributed by atoms with E-state index in [9.17, 15) is 33.1 Å². The fraction of sp³-hybridized carbons (Fsp3) is 0.600. The molecule has 18 heteroatoms. The van der Waals surface area contributed by atoms with Crippen LogP contribution in [0.5, 0.6) is 0 Å². The van der Waals surface area contributed by atoms with Gasteiger partial charge in [-0.2, -0.15) is 0 Å². The molecule has 2 aromatic rings. The molecule has 2 N–H and O–H groups in total. The van der Waals surface area contributed by atoms with Crippen LogP contribution in [0.25, 0.3) is 0 Å². The van der Waals surface area contributed by atoms with Gasteiger partial charge in [0.1, 0.15) is 13.2 Å². The van der Waals surface area contributed by atoms with Gasteiger partial charge in [-0.15, -0.1) is 0 Å². The number of esters is 2. The van der Waals surface area contributed by atoms with Gasteiger partial charge in [-0.3, -0.25) is 32.3 Å². The van der Waals surface area contributed by atoms with E-state index >= 15 is 0 Å². The molecule has 13 atom stereocenters. The molecule has 0 radical (unpaired) electrons. The number of benzene rings is 2. The summed E-state index contributed by atoms with van der Waals surface area (Å²) in [7, 11) is -12.1. The topological polar surface area (TPSA) is 200 Å². The SMILES string of the molecule is C[C@@H]1C(COP(C)(=O)O[C@H]2OC(COP(C)(=O)O)[C@@H](C)C(C(=O)OCc3ccccc3)[C@H]2C)O[C@H](OP(C)(=O)O)[C@H](C)C1C(=O)OCc1ccccc1. The summed E-state index contributed by atoms with van der Waals surface area (Å²) in [6.07, 6.45) is -4.51.